The maximum absolute atomic E-state index is 12.7. The normalized spacial score (nSPS) is 11.1. The summed E-state index contributed by atoms with van der Waals surface area (Å²) in [5.41, 5.74) is 1.60. The van der Waals surface area contributed by atoms with E-state index in [0.29, 0.717) is 13.1 Å². The van der Waals surface area contributed by atoms with Gasteiger partial charge in [0.05, 0.1) is 43.4 Å². The van der Waals surface area contributed by atoms with Gasteiger partial charge in [0.2, 0.25) is 5.91 Å². The van der Waals surface area contributed by atoms with Crippen molar-refractivity contribution in [3.05, 3.63) is 84.8 Å². The highest BCUT2D eigenvalue weighted by molar-refractivity contribution is 6.01. The predicted octanol–water partition coefficient (Wildman–Crippen LogP) is 4.06. The molecule has 0 unspecified atom stereocenters. The molecule has 1 aromatic carbocycles. The Balaban J connectivity index is 1.48. The minimum atomic E-state index is -0.107. The summed E-state index contributed by atoms with van der Waals surface area (Å²) in [6.45, 7) is 1.23. The third-order valence-electron chi connectivity index (χ3n) is 4.21. The minimum Gasteiger partial charge on any atom is -0.468 e. The fraction of sp³-hybridized carbons (Fsp3) is 0.143. The number of carbonyl (C=O) groups excluding carboxylic acids is 1. The number of nitrogens with one attached hydrogen (secondary N) is 1. The maximum atomic E-state index is 12.7. The highest BCUT2D eigenvalue weighted by atomic mass is 16.3. The number of carbonyl (C=O) groups is 1. The van der Waals surface area contributed by atoms with Crippen LogP contribution in [0.5, 0.6) is 0 Å². The van der Waals surface area contributed by atoms with Gasteiger partial charge in [-0.25, -0.2) is 0 Å². The van der Waals surface area contributed by atoms with Gasteiger partial charge in [0.25, 0.3) is 0 Å². The molecule has 6 heteroatoms. The molecule has 0 bridgehead atoms. The Bertz CT molecular complexity index is 969. The van der Waals surface area contributed by atoms with Gasteiger partial charge in [-0.2, -0.15) is 0 Å². The summed E-state index contributed by atoms with van der Waals surface area (Å²) >= 11 is 0. The molecule has 0 saturated carbocycles. The average Bonchev–Trinajstić information content (AvgIpc) is 3.36. The molecule has 0 aliphatic rings. The van der Waals surface area contributed by atoms with Gasteiger partial charge < -0.3 is 14.2 Å². The number of anilines is 1. The second-order valence-electron chi connectivity index (χ2n) is 6.23. The van der Waals surface area contributed by atoms with Crippen LogP contribution in [0.3, 0.4) is 0 Å². The summed E-state index contributed by atoms with van der Waals surface area (Å²) in [5, 5.41) is 3.91. The highest BCUT2D eigenvalue weighted by Crippen LogP contribution is 2.21. The van der Waals surface area contributed by atoms with Gasteiger partial charge in [-0.05, 0) is 48.5 Å². The topological polar surface area (TPSA) is 71.5 Å². The van der Waals surface area contributed by atoms with Gasteiger partial charge in [0, 0.05) is 11.6 Å². The number of nitrogens with zero attached hydrogens (tertiary/aromatic N) is 2. The summed E-state index contributed by atoms with van der Waals surface area (Å²) in [4.78, 5) is 19.0. The molecule has 0 atom stereocenters. The Kier molecular flexibility index (Phi) is 4.98. The fourth-order valence-corrected chi connectivity index (χ4v) is 3.02. The van der Waals surface area contributed by atoms with Crippen molar-refractivity contribution in [3.63, 3.8) is 0 Å². The molecule has 3 aromatic heterocycles. The van der Waals surface area contributed by atoms with E-state index in [1.165, 1.54) is 0 Å². The molecule has 136 valence electrons. The van der Waals surface area contributed by atoms with Crippen LogP contribution in [-0.4, -0.2) is 22.3 Å². The van der Waals surface area contributed by atoms with E-state index in [4.69, 9.17) is 8.83 Å². The summed E-state index contributed by atoms with van der Waals surface area (Å²) in [6, 6.07) is 16.9. The molecule has 0 fully saturated rings. The molecule has 3 heterocycles. The Morgan fingerprint density at radius 1 is 0.926 bits per heavy atom. The van der Waals surface area contributed by atoms with Gasteiger partial charge >= 0.3 is 0 Å². The van der Waals surface area contributed by atoms with E-state index in [9.17, 15) is 4.79 Å². The largest absolute Gasteiger partial charge is 0.468 e. The third-order valence-corrected chi connectivity index (χ3v) is 4.21. The number of aromatic nitrogens is 1. The molecule has 0 aliphatic carbocycles. The molecule has 1 amide bonds. The van der Waals surface area contributed by atoms with Crippen molar-refractivity contribution < 1.29 is 13.6 Å². The van der Waals surface area contributed by atoms with Gasteiger partial charge in [-0.1, -0.05) is 6.07 Å². The molecule has 6 nitrogen and oxygen atoms in total. The lowest BCUT2D eigenvalue weighted by Crippen LogP contribution is -2.32. The van der Waals surface area contributed by atoms with Crippen LogP contribution < -0.4 is 5.32 Å². The van der Waals surface area contributed by atoms with Gasteiger partial charge in [0.1, 0.15) is 11.5 Å². The Labute approximate surface area is 156 Å². The molecule has 0 spiro atoms. The number of benzene rings is 1. The van der Waals surface area contributed by atoms with Crippen molar-refractivity contribution in [1.29, 1.82) is 0 Å². The monoisotopic (exact) mass is 361 g/mol. The molecule has 0 radical (unpaired) electrons. The van der Waals surface area contributed by atoms with Gasteiger partial charge in [0.15, 0.2) is 0 Å². The highest BCUT2D eigenvalue weighted by Gasteiger charge is 2.15. The van der Waals surface area contributed by atoms with Crippen LogP contribution in [0.25, 0.3) is 10.9 Å². The maximum Gasteiger partial charge on any atom is 0.238 e. The first-order valence-electron chi connectivity index (χ1n) is 8.68. The van der Waals surface area contributed by atoms with Crippen LogP contribution >= 0.6 is 0 Å². The van der Waals surface area contributed by atoms with Crippen LogP contribution in [0.1, 0.15) is 11.5 Å². The SMILES string of the molecule is O=C(CN(Cc1ccco1)Cc1ccco1)Nc1cccc2ncccc12. The van der Waals surface area contributed by atoms with Crippen LogP contribution in [0.15, 0.2) is 82.2 Å². The third kappa shape index (κ3) is 4.24. The lowest BCUT2D eigenvalue weighted by molar-refractivity contribution is -0.117. The smallest absolute Gasteiger partial charge is 0.238 e. The van der Waals surface area contributed by atoms with Crippen molar-refractivity contribution in [3.8, 4) is 0 Å². The first-order chi connectivity index (χ1) is 13.3. The second-order valence-corrected chi connectivity index (χ2v) is 6.23. The van der Waals surface area contributed by atoms with E-state index in [2.05, 4.69) is 10.3 Å². The first kappa shape index (κ1) is 17.1. The fourth-order valence-electron chi connectivity index (χ4n) is 3.02. The Morgan fingerprint density at radius 3 is 2.33 bits per heavy atom. The molecule has 27 heavy (non-hydrogen) atoms. The van der Waals surface area contributed by atoms with E-state index in [1.807, 2.05) is 59.5 Å². The van der Waals surface area contributed by atoms with E-state index < -0.39 is 0 Å². The number of furan rings is 2. The lowest BCUT2D eigenvalue weighted by atomic mass is 10.2. The van der Waals surface area contributed by atoms with Crippen LogP contribution in [0.4, 0.5) is 5.69 Å². The molecule has 0 aliphatic heterocycles. The standard InChI is InChI=1S/C21H19N3O3/c25-21(23-20-9-1-8-19-18(20)7-2-10-22-19)15-24(13-16-5-3-11-26-16)14-17-6-4-12-27-17/h1-12H,13-15H2,(H,23,25). The van der Waals surface area contributed by atoms with Crippen LogP contribution in [0.2, 0.25) is 0 Å². The van der Waals surface area contributed by atoms with E-state index in [0.717, 1.165) is 28.1 Å². The zero-order chi connectivity index (χ0) is 18.5. The Hall–Kier alpha value is -3.38. The molecular weight excluding hydrogens is 342 g/mol. The van der Waals surface area contributed by atoms with E-state index in [-0.39, 0.29) is 12.5 Å². The van der Waals surface area contributed by atoms with Crippen molar-refractivity contribution in [2.75, 3.05) is 11.9 Å². The molecule has 0 saturated heterocycles. The zero-order valence-electron chi connectivity index (χ0n) is 14.7. The van der Waals surface area contributed by atoms with E-state index >= 15 is 0 Å². The number of pyridine rings is 1. The summed E-state index contributed by atoms with van der Waals surface area (Å²) in [6.07, 6.45) is 5.00. The van der Waals surface area contributed by atoms with Crippen molar-refractivity contribution in [2.24, 2.45) is 0 Å². The molecular formula is C21H19N3O3. The lowest BCUT2D eigenvalue weighted by Gasteiger charge is -2.20. The zero-order valence-corrected chi connectivity index (χ0v) is 14.7. The predicted molar refractivity (Wildman–Crippen MR) is 102 cm³/mol. The van der Waals surface area contributed by atoms with Gasteiger partial charge in [-0.3, -0.25) is 14.7 Å². The minimum absolute atomic E-state index is 0.107. The average molecular weight is 361 g/mol. The number of fused-ring (bicyclic) bond motifs is 1. The number of rotatable bonds is 7. The number of hydrogen-bond acceptors (Lipinski definition) is 5. The molecule has 1 N–H and O–H groups in total. The number of amides is 1. The molecule has 4 aromatic rings. The Morgan fingerprint density at radius 2 is 1.67 bits per heavy atom. The van der Waals surface area contributed by atoms with Crippen LogP contribution in [-0.2, 0) is 17.9 Å². The van der Waals surface area contributed by atoms with E-state index in [1.54, 1.807) is 18.7 Å². The van der Waals surface area contributed by atoms with Crippen molar-refractivity contribution in [2.45, 2.75) is 13.1 Å². The molecule has 4 rings (SSSR count). The number of hydrogen-bond donors (Lipinski definition) is 1. The second kappa shape index (κ2) is 7.88. The summed E-state index contributed by atoms with van der Waals surface area (Å²) in [5.74, 6) is 1.48. The first-order valence-corrected chi connectivity index (χ1v) is 8.68. The summed E-state index contributed by atoms with van der Waals surface area (Å²) < 4.78 is 10.9. The van der Waals surface area contributed by atoms with Crippen molar-refractivity contribution >= 4 is 22.5 Å². The van der Waals surface area contributed by atoms with Gasteiger partial charge in [-0.15, -0.1) is 0 Å². The van der Waals surface area contributed by atoms with Crippen LogP contribution in [0, 0.1) is 0 Å². The summed E-state index contributed by atoms with van der Waals surface area (Å²) in [7, 11) is 0. The quantitative estimate of drug-likeness (QED) is 0.537. The van der Waals surface area contributed by atoms with Crippen molar-refractivity contribution in [1.82, 2.24) is 9.88 Å².